The Morgan fingerprint density at radius 2 is 1.65 bits per heavy atom. The summed E-state index contributed by atoms with van der Waals surface area (Å²) in [5.41, 5.74) is -1.80. The molecule has 2 aromatic rings. The van der Waals surface area contributed by atoms with Crippen molar-refractivity contribution in [3.05, 3.63) is 47.5 Å². The van der Waals surface area contributed by atoms with Crippen LogP contribution in [0.3, 0.4) is 0 Å². The minimum atomic E-state index is -4.62. The number of urea groups is 1. The highest BCUT2D eigenvalue weighted by Gasteiger charge is 2.47. The molecule has 2 saturated heterocycles. The number of halogens is 4. The summed E-state index contributed by atoms with van der Waals surface area (Å²) in [4.78, 5) is 38.5. The normalized spacial score (nSPS) is 16.7. The Hall–Kier alpha value is -3.56. The van der Waals surface area contributed by atoms with Crippen molar-refractivity contribution >= 4 is 33.4 Å². The molecule has 43 heavy (non-hydrogen) atoms. The fourth-order valence-electron chi connectivity index (χ4n) is 5.02. The highest BCUT2D eigenvalue weighted by Crippen LogP contribution is 2.36. The molecule has 0 bridgehead atoms. The molecule has 4 rings (SSSR count). The van der Waals surface area contributed by atoms with Gasteiger partial charge in [0.2, 0.25) is 0 Å². The van der Waals surface area contributed by atoms with Gasteiger partial charge >= 0.3 is 12.2 Å². The Labute approximate surface area is 252 Å². The van der Waals surface area contributed by atoms with Crippen LogP contribution in [0.2, 0.25) is 0 Å². The third-order valence-electron chi connectivity index (χ3n) is 7.41. The van der Waals surface area contributed by atoms with Crippen molar-refractivity contribution in [3.8, 4) is 11.5 Å². The molecule has 0 aliphatic carbocycles. The first-order valence-electron chi connectivity index (χ1n) is 13.1. The predicted octanol–water partition coefficient (Wildman–Crippen LogP) is 0.554. The molecule has 0 saturated carbocycles. The van der Waals surface area contributed by atoms with Crippen molar-refractivity contribution in [1.29, 1.82) is 0 Å². The van der Waals surface area contributed by atoms with E-state index in [9.17, 15) is 36.0 Å². The summed E-state index contributed by atoms with van der Waals surface area (Å²) in [6.07, 6.45) is -2.27. The van der Waals surface area contributed by atoms with Crippen LogP contribution in [0.15, 0.2) is 41.3 Å². The molecule has 2 fully saturated rings. The summed E-state index contributed by atoms with van der Waals surface area (Å²) in [7, 11) is -1.67. The quantitative estimate of drug-likeness (QED) is 0.182. The fourth-order valence-corrected chi connectivity index (χ4v) is 6.08. The number of carbonyl (C=O) groups is 3. The van der Waals surface area contributed by atoms with Gasteiger partial charge in [-0.05, 0) is 62.6 Å². The second-order valence-corrected chi connectivity index (χ2v) is 11.8. The van der Waals surface area contributed by atoms with E-state index in [-0.39, 0.29) is 53.3 Å². The van der Waals surface area contributed by atoms with Gasteiger partial charge in [-0.3, -0.25) is 19.6 Å². The number of unbranched alkanes of at least 4 members (excludes halogenated alkanes) is 1. The van der Waals surface area contributed by atoms with Gasteiger partial charge in [0.1, 0.15) is 17.0 Å². The van der Waals surface area contributed by atoms with Gasteiger partial charge in [-0.25, -0.2) is 13.2 Å². The third-order valence-corrected chi connectivity index (χ3v) is 8.79. The average molecular weight is 648 g/mol. The van der Waals surface area contributed by atoms with Crippen molar-refractivity contribution < 1.29 is 57.9 Å². The lowest BCUT2D eigenvalue weighted by Gasteiger charge is -2.36. The van der Waals surface area contributed by atoms with Gasteiger partial charge in [0.15, 0.2) is 5.78 Å². The number of hydrogen-bond donors (Lipinski definition) is 3. The standard InChI is InChI=1S/C27H31F3N4O7S.ClH/c1-40-22-16-23(41-2)20(33-42(38,39)18-8-6-17(7-9-18)27(28,29)30)15-19(22)21(35)5-3-4-12-34-13-10-26(11-14-34)24(36)31-25(37)32-26;/h6-9,15-16,33H,3-5,10-14H2,1-2H3,(H2,31,32,36,37);1H/p-1. The highest BCUT2D eigenvalue weighted by atomic mass is 35.5. The summed E-state index contributed by atoms with van der Waals surface area (Å²) >= 11 is 0. The second kappa shape index (κ2) is 13.4. The lowest BCUT2D eigenvalue weighted by Crippen LogP contribution is -3.00. The maximum Gasteiger partial charge on any atom is 0.416 e. The summed E-state index contributed by atoms with van der Waals surface area (Å²) in [6, 6.07) is 5.19. The maximum absolute atomic E-state index is 13.1. The minimum absolute atomic E-state index is 0. The number of likely N-dealkylation sites (tertiary alicyclic amines) is 1. The number of alkyl halides is 3. The number of Topliss-reactive ketones (excluding diaryl/α,β-unsaturated/α-hetero) is 1. The number of amides is 3. The molecular formula is C27H31ClF3N4O7S-. The Balaban J connectivity index is 0.00000506. The number of carbonyl (C=O) groups excluding carboxylic acids is 3. The number of methoxy groups -OCH3 is 2. The van der Waals surface area contributed by atoms with Gasteiger partial charge in [0, 0.05) is 25.6 Å². The molecule has 1 spiro atoms. The maximum atomic E-state index is 13.1. The Morgan fingerprint density at radius 3 is 2.19 bits per heavy atom. The molecule has 2 aromatic carbocycles. The highest BCUT2D eigenvalue weighted by molar-refractivity contribution is 7.92. The predicted molar refractivity (Wildman–Crippen MR) is 145 cm³/mol. The number of imide groups is 1. The topological polar surface area (TPSA) is 143 Å². The molecular weight excluding hydrogens is 617 g/mol. The summed E-state index contributed by atoms with van der Waals surface area (Å²) < 4.78 is 77.4. The van der Waals surface area contributed by atoms with Crippen LogP contribution in [0.4, 0.5) is 23.7 Å². The van der Waals surface area contributed by atoms with Crippen LogP contribution in [0.1, 0.15) is 48.0 Å². The number of ketones is 1. The molecule has 2 heterocycles. The van der Waals surface area contributed by atoms with Crippen molar-refractivity contribution in [2.75, 3.05) is 38.6 Å². The largest absolute Gasteiger partial charge is 1.00 e. The Kier molecular flexibility index (Phi) is 10.6. The second-order valence-electron chi connectivity index (χ2n) is 10.1. The van der Waals surface area contributed by atoms with E-state index in [1.54, 1.807) is 0 Å². The lowest BCUT2D eigenvalue weighted by molar-refractivity contribution is -0.137. The smallest absolute Gasteiger partial charge is 0.416 e. The first kappa shape index (κ1) is 33.9. The number of anilines is 1. The van der Waals surface area contributed by atoms with E-state index in [0.717, 1.165) is 12.1 Å². The van der Waals surface area contributed by atoms with Crippen molar-refractivity contribution in [3.63, 3.8) is 0 Å². The van der Waals surface area contributed by atoms with Crippen molar-refractivity contribution in [2.24, 2.45) is 0 Å². The monoisotopic (exact) mass is 647 g/mol. The molecule has 3 N–H and O–H groups in total. The molecule has 16 heteroatoms. The van der Waals surface area contributed by atoms with E-state index in [1.165, 1.54) is 26.4 Å². The third kappa shape index (κ3) is 7.70. The number of nitrogens with zero attached hydrogens (tertiary/aromatic N) is 1. The minimum Gasteiger partial charge on any atom is -1.00 e. The molecule has 0 aromatic heterocycles. The average Bonchev–Trinajstić information content (AvgIpc) is 3.22. The number of sulfonamides is 1. The molecule has 0 unspecified atom stereocenters. The zero-order chi connectivity index (χ0) is 30.7. The zero-order valence-electron chi connectivity index (χ0n) is 23.3. The van der Waals surface area contributed by atoms with Crippen molar-refractivity contribution in [2.45, 2.75) is 48.7 Å². The van der Waals surface area contributed by atoms with Gasteiger partial charge in [-0.1, -0.05) is 0 Å². The number of ether oxygens (including phenoxy) is 2. The van der Waals surface area contributed by atoms with Crippen LogP contribution in [-0.4, -0.2) is 70.4 Å². The Bertz CT molecular complexity index is 1460. The number of benzene rings is 2. The SMILES string of the molecule is COc1cc(OC)c(C(=O)CCCCN2CCC3(CC2)NC(=O)NC3=O)cc1NS(=O)(=O)c1ccc(C(F)(F)F)cc1.[Cl-]. The molecule has 0 atom stereocenters. The van der Waals surface area contributed by atoms with E-state index >= 15 is 0 Å². The van der Waals surface area contributed by atoms with Gasteiger partial charge in [-0.2, -0.15) is 13.2 Å². The number of rotatable bonds is 11. The van der Waals surface area contributed by atoms with Crippen LogP contribution < -0.4 is 37.2 Å². The first-order chi connectivity index (χ1) is 19.8. The van der Waals surface area contributed by atoms with Crippen LogP contribution in [-0.2, 0) is 21.0 Å². The van der Waals surface area contributed by atoms with Crippen LogP contribution in [0, 0.1) is 0 Å². The molecule has 3 amide bonds. The van der Waals surface area contributed by atoms with Crippen LogP contribution in [0.25, 0.3) is 0 Å². The van der Waals surface area contributed by atoms with Gasteiger partial charge in [0.25, 0.3) is 15.9 Å². The molecule has 2 aliphatic heterocycles. The van der Waals surface area contributed by atoms with E-state index in [2.05, 4.69) is 20.3 Å². The molecule has 2 aliphatic rings. The van der Waals surface area contributed by atoms with E-state index in [4.69, 9.17) is 9.47 Å². The lowest BCUT2D eigenvalue weighted by atomic mass is 9.87. The van der Waals surface area contributed by atoms with Gasteiger partial charge in [-0.15, -0.1) is 0 Å². The summed E-state index contributed by atoms with van der Waals surface area (Å²) in [5, 5.41) is 5.00. The zero-order valence-corrected chi connectivity index (χ0v) is 24.9. The van der Waals surface area contributed by atoms with E-state index in [1.807, 2.05) is 0 Å². The Morgan fingerprint density at radius 1 is 1.02 bits per heavy atom. The van der Waals surface area contributed by atoms with E-state index in [0.29, 0.717) is 57.5 Å². The number of piperidine rings is 1. The molecule has 236 valence electrons. The molecule has 0 radical (unpaired) electrons. The fraction of sp³-hybridized carbons (Fsp3) is 0.444. The summed E-state index contributed by atoms with van der Waals surface area (Å²) in [6.45, 7) is 1.93. The van der Waals surface area contributed by atoms with Crippen molar-refractivity contribution in [1.82, 2.24) is 15.5 Å². The first-order valence-corrected chi connectivity index (χ1v) is 14.6. The van der Waals surface area contributed by atoms with Gasteiger partial charge in [0.05, 0.1) is 35.9 Å². The number of hydrogen-bond acceptors (Lipinski definition) is 8. The summed E-state index contributed by atoms with van der Waals surface area (Å²) in [5.74, 6) is -0.374. The van der Waals surface area contributed by atoms with E-state index < -0.39 is 38.2 Å². The molecule has 11 nitrogen and oxygen atoms in total. The van der Waals surface area contributed by atoms with Gasteiger partial charge < -0.3 is 32.1 Å². The van der Waals surface area contributed by atoms with Crippen LogP contribution >= 0.6 is 0 Å². The number of nitrogens with one attached hydrogen (secondary N) is 3. The van der Waals surface area contributed by atoms with Crippen LogP contribution in [0.5, 0.6) is 11.5 Å².